The van der Waals surface area contributed by atoms with E-state index in [2.05, 4.69) is 20.3 Å². The Morgan fingerprint density at radius 3 is 2.40 bits per heavy atom. The Balaban J connectivity index is 2.54. The van der Waals surface area contributed by atoms with Crippen molar-refractivity contribution in [2.45, 2.75) is 13.8 Å². The van der Waals surface area contributed by atoms with Gasteiger partial charge in [-0.15, -0.1) is 0 Å². The van der Waals surface area contributed by atoms with E-state index < -0.39 is 11.6 Å². The van der Waals surface area contributed by atoms with Crippen molar-refractivity contribution in [2.24, 2.45) is 0 Å². The van der Waals surface area contributed by atoms with Crippen LogP contribution in [0.4, 0.5) is 14.7 Å². The van der Waals surface area contributed by atoms with Gasteiger partial charge in [-0.2, -0.15) is 15.0 Å². The lowest BCUT2D eigenvalue weighted by Crippen LogP contribution is -2.08. The van der Waals surface area contributed by atoms with Crippen molar-refractivity contribution < 1.29 is 13.5 Å². The molecule has 0 spiro atoms. The fourth-order valence-corrected chi connectivity index (χ4v) is 1.61. The number of aromatic nitrogens is 3. The number of ether oxygens (including phenoxy) is 1. The second-order valence-corrected chi connectivity index (χ2v) is 3.83. The number of nitrogens with one attached hydrogen (secondary N) is 1. The van der Waals surface area contributed by atoms with Crippen molar-refractivity contribution >= 4 is 5.95 Å². The zero-order valence-electron chi connectivity index (χ0n) is 11.2. The molecule has 0 aliphatic carbocycles. The van der Waals surface area contributed by atoms with Crippen LogP contribution in [-0.4, -0.2) is 28.1 Å². The van der Waals surface area contributed by atoms with E-state index in [9.17, 15) is 8.78 Å². The lowest BCUT2D eigenvalue weighted by Gasteiger charge is -2.09. The van der Waals surface area contributed by atoms with E-state index in [1.807, 2.05) is 6.92 Å². The molecule has 0 fully saturated rings. The van der Waals surface area contributed by atoms with E-state index in [1.54, 1.807) is 6.92 Å². The summed E-state index contributed by atoms with van der Waals surface area (Å²) >= 11 is 0. The van der Waals surface area contributed by atoms with E-state index >= 15 is 0 Å². The van der Waals surface area contributed by atoms with Crippen LogP contribution in [0, 0.1) is 11.6 Å². The van der Waals surface area contributed by atoms with Crippen LogP contribution in [0.2, 0.25) is 0 Å². The number of anilines is 1. The maximum Gasteiger partial charge on any atom is 0.321 e. The van der Waals surface area contributed by atoms with Gasteiger partial charge in [0.05, 0.1) is 12.2 Å². The molecule has 0 aliphatic heterocycles. The highest BCUT2D eigenvalue weighted by Gasteiger charge is 2.16. The second kappa shape index (κ2) is 6.23. The Hall–Kier alpha value is -2.31. The molecule has 2 rings (SSSR count). The fourth-order valence-electron chi connectivity index (χ4n) is 1.61. The molecule has 2 aromatic rings. The fraction of sp³-hybridized carbons (Fsp3) is 0.308. The van der Waals surface area contributed by atoms with Gasteiger partial charge >= 0.3 is 6.01 Å². The van der Waals surface area contributed by atoms with Crippen LogP contribution in [0.15, 0.2) is 18.2 Å². The smallest absolute Gasteiger partial charge is 0.321 e. The first-order valence-corrected chi connectivity index (χ1v) is 6.22. The van der Waals surface area contributed by atoms with Gasteiger partial charge in [0, 0.05) is 6.54 Å². The minimum absolute atomic E-state index is 0.0242. The molecule has 0 bridgehead atoms. The summed E-state index contributed by atoms with van der Waals surface area (Å²) in [6.07, 6.45) is 0. The van der Waals surface area contributed by atoms with Gasteiger partial charge in [-0.25, -0.2) is 8.78 Å². The highest BCUT2D eigenvalue weighted by Crippen LogP contribution is 2.24. The number of hydrogen-bond acceptors (Lipinski definition) is 5. The van der Waals surface area contributed by atoms with Crippen molar-refractivity contribution in [3.05, 3.63) is 29.8 Å². The maximum absolute atomic E-state index is 13.8. The van der Waals surface area contributed by atoms with Gasteiger partial charge < -0.3 is 10.1 Å². The molecule has 0 amide bonds. The molecule has 0 atom stereocenters. The molecule has 0 unspecified atom stereocenters. The normalized spacial score (nSPS) is 10.4. The molecular weight excluding hydrogens is 266 g/mol. The predicted octanol–water partition coefficient (Wildman–Crippen LogP) is 2.65. The van der Waals surface area contributed by atoms with Crippen LogP contribution in [0.25, 0.3) is 11.4 Å². The Labute approximate surface area is 115 Å². The van der Waals surface area contributed by atoms with Crippen molar-refractivity contribution in [2.75, 3.05) is 18.5 Å². The van der Waals surface area contributed by atoms with Gasteiger partial charge in [0.15, 0.2) is 5.82 Å². The van der Waals surface area contributed by atoms with Gasteiger partial charge in [0.25, 0.3) is 0 Å². The molecule has 0 saturated carbocycles. The van der Waals surface area contributed by atoms with Crippen molar-refractivity contribution in [3.63, 3.8) is 0 Å². The maximum atomic E-state index is 13.8. The van der Waals surface area contributed by atoms with Gasteiger partial charge in [-0.3, -0.25) is 0 Å². The number of nitrogens with zero attached hydrogens (tertiary/aromatic N) is 3. The summed E-state index contributed by atoms with van der Waals surface area (Å²) < 4.78 is 32.7. The highest BCUT2D eigenvalue weighted by molar-refractivity contribution is 5.58. The summed E-state index contributed by atoms with van der Waals surface area (Å²) in [6.45, 7) is 4.52. The van der Waals surface area contributed by atoms with Crippen molar-refractivity contribution in [1.29, 1.82) is 0 Å². The monoisotopic (exact) mass is 280 g/mol. The van der Waals surface area contributed by atoms with Crippen LogP contribution in [-0.2, 0) is 0 Å². The zero-order valence-corrected chi connectivity index (χ0v) is 11.2. The Morgan fingerprint density at radius 1 is 1.10 bits per heavy atom. The molecule has 5 nitrogen and oxygen atoms in total. The lowest BCUT2D eigenvalue weighted by molar-refractivity contribution is 0.312. The van der Waals surface area contributed by atoms with Crippen molar-refractivity contribution in [3.8, 4) is 17.4 Å². The summed E-state index contributed by atoms with van der Waals surface area (Å²) in [7, 11) is 0. The summed E-state index contributed by atoms with van der Waals surface area (Å²) in [4.78, 5) is 11.9. The summed E-state index contributed by atoms with van der Waals surface area (Å²) in [5.41, 5.74) is -0.296. The second-order valence-electron chi connectivity index (χ2n) is 3.83. The first-order valence-electron chi connectivity index (χ1n) is 6.22. The molecule has 1 aromatic heterocycles. The van der Waals surface area contributed by atoms with E-state index in [1.165, 1.54) is 6.07 Å². The molecular formula is C13H14F2N4O. The number of benzene rings is 1. The van der Waals surface area contributed by atoms with Crippen LogP contribution in [0.5, 0.6) is 6.01 Å². The average Bonchev–Trinajstić information content (AvgIpc) is 2.39. The Bertz CT molecular complexity index is 562. The Morgan fingerprint density at radius 2 is 1.80 bits per heavy atom. The third-order valence-electron chi connectivity index (χ3n) is 2.41. The zero-order chi connectivity index (χ0) is 14.5. The molecule has 0 saturated heterocycles. The molecule has 20 heavy (non-hydrogen) atoms. The molecule has 1 N–H and O–H groups in total. The van der Waals surface area contributed by atoms with Gasteiger partial charge in [0.2, 0.25) is 5.95 Å². The van der Waals surface area contributed by atoms with E-state index in [0.29, 0.717) is 13.2 Å². The topological polar surface area (TPSA) is 59.9 Å². The lowest BCUT2D eigenvalue weighted by atomic mass is 10.2. The largest absolute Gasteiger partial charge is 0.464 e. The van der Waals surface area contributed by atoms with Crippen molar-refractivity contribution in [1.82, 2.24) is 15.0 Å². The third kappa shape index (κ3) is 2.98. The van der Waals surface area contributed by atoms with Crippen LogP contribution < -0.4 is 10.1 Å². The van der Waals surface area contributed by atoms with Crippen LogP contribution in [0.1, 0.15) is 13.8 Å². The number of halogens is 2. The Kier molecular flexibility index (Phi) is 4.39. The third-order valence-corrected chi connectivity index (χ3v) is 2.41. The molecule has 0 aliphatic rings. The van der Waals surface area contributed by atoms with Gasteiger partial charge in [0.1, 0.15) is 11.6 Å². The van der Waals surface area contributed by atoms with E-state index in [0.717, 1.165) is 12.1 Å². The van der Waals surface area contributed by atoms with Gasteiger partial charge in [-0.1, -0.05) is 6.07 Å². The van der Waals surface area contributed by atoms with Gasteiger partial charge in [-0.05, 0) is 26.0 Å². The minimum atomic E-state index is -0.735. The number of rotatable bonds is 5. The predicted molar refractivity (Wildman–Crippen MR) is 70.5 cm³/mol. The summed E-state index contributed by atoms with van der Waals surface area (Å²) in [5.74, 6) is -1.36. The number of hydrogen-bond donors (Lipinski definition) is 1. The standard InChI is InChI=1S/C13H14F2N4O/c1-3-16-12-17-11(18-13(19-12)20-4-2)10-8(14)6-5-7-9(10)15/h5-7H,3-4H2,1-2H3,(H,16,17,18,19). The van der Waals surface area contributed by atoms with E-state index in [-0.39, 0.29) is 23.3 Å². The quantitative estimate of drug-likeness (QED) is 0.912. The first-order chi connectivity index (χ1) is 9.65. The van der Waals surface area contributed by atoms with Crippen LogP contribution in [0.3, 0.4) is 0 Å². The molecule has 7 heteroatoms. The molecule has 0 radical (unpaired) electrons. The first kappa shape index (κ1) is 14.1. The summed E-state index contributed by atoms with van der Waals surface area (Å²) in [5, 5.41) is 2.87. The van der Waals surface area contributed by atoms with E-state index in [4.69, 9.17) is 4.74 Å². The molecule has 1 heterocycles. The highest BCUT2D eigenvalue weighted by atomic mass is 19.1. The minimum Gasteiger partial charge on any atom is -0.464 e. The average molecular weight is 280 g/mol. The SMILES string of the molecule is CCNc1nc(OCC)nc(-c2c(F)cccc2F)n1. The molecule has 106 valence electrons. The molecule has 1 aromatic carbocycles. The summed E-state index contributed by atoms with van der Waals surface area (Å²) in [6, 6.07) is 3.60. The van der Waals surface area contributed by atoms with Crippen LogP contribution >= 0.6 is 0 Å².